The maximum Gasteiger partial charge on any atom is 0.271 e. The number of hydroxylamine groups is 1. The summed E-state index contributed by atoms with van der Waals surface area (Å²) >= 11 is 3.33. The number of nitro groups is 1. The van der Waals surface area contributed by atoms with Crippen molar-refractivity contribution in [1.29, 1.82) is 0 Å². The number of aromatic hydroxyl groups is 1. The average molecular weight is 590 g/mol. The van der Waals surface area contributed by atoms with E-state index in [0.29, 0.717) is 21.4 Å². The van der Waals surface area contributed by atoms with E-state index >= 15 is 0 Å². The largest absolute Gasteiger partial charge is 0.503 e. The Labute approximate surface area is 230 Å². The molecular weight excluding hydrogens is 570 g/mol. The van der Waals surface area contributed by atoms with Gasteiger partial charge in [-0.25, -0.2) is 9.96 Å². The van der Waals surface area contributed by atoms with Gasteiger partial charge in [-0.1, -0.05) is 42.5 Å². The predicted octanol–water partition coefficient (Wildman–Crippen LogP) is 5.28. The molecule has 4 aromatic rings. The molecule has 0 saturated carbocycles. The second kappa shape index (κ2) is 9.37. The predicted molar refractivity (Wildman–Crippen MR) is 145 cm³/mol. The number of benzene rings is 4. The second-order valence-electron chi connectivity index (χ2n) is 9.16. The van der Waals surface area contributed by atoms with Gasteiger partial charge in [0.15, 0.2) is 17.6 Å². The monoisotopic (exact) mass is 589 g/mol. The molecule has 2 amide bonds. The number of nitro benzene ring substituents is 1. The summed E-state index contributed by atoms with van der Waals surface area (Å²) < 4.78 is 5.63. The van der Waals surface area contributed by atoms with Crippen molar-refractivity contribution in [2.75, 3.05) is 17.1 Å². The van der Waals surface area contributed by atoms with E-state index in [2.05, 4.69) is 15.9 Å². The molecule has 2 aliphatic heterocycles. The van der Waals surface area contributed by atoms with Gasteiger partial charge in [-0.15, -0.1) is 0 Å². The molecule has 0 bridgehead atoms. The minimum absolute atomic E-state index is 0.134. The number of methoxy groups -OCH3 is 1. The first kappa shape index (κ1) is 24.8. The normalized spacial score (nSPS) is 20.5. The lowest BCUT2D eigenvalue weighted by atomic mass is 9.90. The summed E-state index contributed by atoms with van der Waals surface area (Å²) in [6, 6.07) is 20.9. The summed E-state index contributed by atoms with van der Waals surface area (Å²) in [7, 11) is 1.39. The lowest BCUT2D eigenvalue weighted by Gasteiger charge is -2.29. The van der Waals surface area contributed by atoms with Gasteiger partial charge < -0.3 is 9.84 Å². The zero-order valence-electron chi connectivity index (χ0n) is 20.4. The molecule has 1 N–H and O–H groups in total. The number of carbonyl (C=O) groups excluding carboxylic acids is 2. The Morgan fingerprint density at radius 2 is 1.74 bits per heavy atom. The van der Waals surface area contributed by atoms with Crippen LogP contribution in [0.1, 0.15) is 11.6 Å². The number of nitrogens with zero attached hydrogens (tertiary/aromatic N) is 3. The van der Waals surface area contributed by atoms with Crippen molar-refractivity contribution in [3.63, 3.8) is 0 Å². The number of non-ortho nitro benzene ring substituents is 1. The van der Waals surface area contributed by atoms with Crippen LogP contribution in [0.25, 0.3) is 10.8 Å². The Balaban J connectivity index is 1.50. The van der Waals surface area contributed by atoms with Crippen LogP contribution >= 0.6 is 15.9 Å². The van der Waals surface area contributed by atoms with Crippen molar-refractivity contribution in [3.05, 3.63) is 99.0 Å². The summed E-state index contributed by atoms with van der Waals surface area (Å²) in [6.07, 6.45) is -1.18. The molecule has 0 aliphatic carbocycles. The maximum atomic E-state index is 14.1. The molecule has 2 aliphatic rings. The van der Waals surface area contributed by atoms with E-state index in [-0.39, 0.29) is 17.2 Å². The Morgan fingerprint density at radius 1 is 1.00 bits per heavy atom. The number of halogens is 1. The number of ether oxygens (including phenoxy) is 1. The summed E-state index contributed by atoms with van der Waals surface area (Å²) in [4.78, 5) is 46.1. The average Bonchev–Trinajstić information content (AvgIpc) is 3.45. The molecule has 11 heteroatoms. The third-order valence-electron chi connectivity index (χ3n) is 7.03. The second-order valence-corrected chi connectivity index (χ2v) is 10.0. The van der Waals surface area contributed by atoms with Crippen molar-refractivity contribution in [2.24, 2.45) is 5.92 Å². The van der Waals surface area contributed by atoms with Gasteiger partial charge >= 0.3 is 0 Å². The highest BCUT2D eigenvalue weighted by Gasteiger charge is 2.60. The van der Waals surface area contributed by atoms with Gasteiger partial charge in [0.05, 0.1) is 33.9 Å². The molecule has 6 rings (SSSR count). The van der Waals surface area contributed by atoms with Crippen LogP contribution in [0.2, 0.25) is 0 Å². The van der Waals surface area contributed by atoms with Crippen molar-refractivity contribution in [1.82, 2.24) is 0 Å². The van der Waals surface area contributed by atoms with Crippen LogP contribution in [0, 0.1) is 16.0 Å². The van der Waals surface area contributed by atoms with Gasteiger partial charge in [-0.2, -0.15) is 0 Å². The molecule has 2 fully saturated rings. The van der Waals surface area contributed by atoms with Gasteiger partial charge in [0.1, 0.15) is 5.92 Å². The number of phenolic OH excluding ortho intramolecular Hbond substituents is 1. The van der Waals surface area contributed by atoms with Gasteiger partial charge in [0.25, 0.3) is 11.6 Å². The minimum atomic E-state index is -1.18. The highest BCUT2D eigenvalue weighted by Crippen LogP contribution is 2.50. The molecule has 3 atom stereocenters. The summed E-state index contributed by atoms with van der Waals surface area (Å²) in [5.41, 5.74) is 1.07. The Kier molecular flexibility index (Phi) is 5.96. The quantitative estimate of drug-likeness (QED) is 0.189. The number of anilines is 2. The molecule has 0 spiro atoms. The van der Waals surface area contributed by atoms with Crippen molar-refractivity contribution >= 4 is 55.6 Å². The molecular formula is C28H20BrN3O7. The Hall–Kier alpha value is -4.48. The van der Waals surface area contributed by atoms with Crippen LogP contribution in [0.15, 0.2) is 83.3 Å². The first-order valence-corrected chi connectivity index (χ1v) is 12.7. The highest BCUT2D eigenvalue weighted by molar-refractivity contribution is 9.10. The maximum absolute atomic E-state index is 14.1. The van der Waals surface area contributed by atoms with Crippen LogP contribution in [0.3, 0.4) is 0 Å². The summed E-state index contributed by atoms with van der Waals surface area (Å²) in [5, 5.41) is 24.8. The van der Waals surface area contributed by atoms with E-state index in [1.165, 1.54) is 30.4 Å². The number of hydrogen-bond donors (Lipinski definition) is 1. The van der Waals surface area contributed by atoms with Gasteiger partial charge in [0.2, 0.25) is 5.91 Å². The van der Waals surface area contributed by atoms with Crippen molar-refractivity contribution in [3.8, 4) is 11.5 Å². The Bertz CT molecular complexity index is 1670. The molecule has 4 aromatic carbocycles. The van der Waals surface area contributed by atoms with Gasteiger partial charge in [-0.3, -0.25) is 24.5 Å². The summed E-state index contributed by atoms with van der Waals surface area (Å²) in [5.74, 6) is -1.99. The van der Waals surface area contributed by atoms with Crippen molar-refractivity contribution in [2.45, 2.75) is 12.1 Å². The van der Waals surface area contributed by atoms with E-state index < -0.39 is 34.8 Å². The third-order valence-corrected chi connectivity index (χ3v) is 7.63. The lowest BCUT2D eigenvalue weighted by Crippen LogP contribution is -2.37. The Morgan fingerprint density at radius 3 is 2.51 bits per heavy atom. The molecule has 0 aromatic heterocycles. The number of fused-ring (bicyclic) bond motifs is 2. The van der Waals surface area contributed by atoms with Gasteiger partial charge in [-0.05, 0) is 51.1 Å². The number of carbonyl (C=O) groups is 2. The first-order valence-electron chi connectivity index (χ1n) is 11.9. The van der Waals surface area contributed by atoms with E-state index in [9.17, 15) is 24.8 Å². The van der Waals surface area contributed by atoms with Crippen LogP contribution < -0.4 is 14.7 Å². The zero-order valence-corrected chi connectivity index (χ0v) is 21.9. The number of hydrogen-bond acceptors (Lipinski definition) is 8. The number of phenols is 1. The molecule has 196 valence electrons. The SMILES string of the molecule is COc1cc([C@H]2[C@H]3C(=O)N(c4cccc5ccccc45)C(=O)[C@H]3ON2c2cccc([N+](=O)[O-])c2)cc(Br)c1O. The van der Waals surface area contributed by atoms with Crippen LogP contribution in [0.5, 0.6) is 11.5 Å². The molecule has 10 nitrogen and oxygen atoms in total. The fraction of sp³-hybridized carbons (Fsp3) is 0.143. The molecule has 2 heterocycles. The third kappa shape index (κ3) is 3.89. The smallest absolute Gasteiger partial charge is 0.271 e. The topological polar surface area (TPSA) is 122 Å². The van der Waals surface area contributed by atoms with Gasteiger partial charge in [0, 0.05) is 17.5 Å². The highest BCUT2D eigenvalue weighted by atomic mass is 79.9. The first-order chi connectivity index (χ1) is 18.8. The van der Waals surface area contributed by atoms with E-state index in [1.54, 1.807) is 30.3 Å². The van der Waals surface area contributed by atoms with E-state index in [0.717, 1.165) is 15.7 Å². The van der Waals surface area contributed by atoms with E-state index in [1.807, 2.05) is 30.3 Å². The molecule has 2 saturated heterocycles. The minimum Gasteiger partial charge on any atom is -0.503 e. The standard InChI is InChI=1S/C28H20BrN3O7/c1-38-22-13-16(12-20(29)25(22)33)24-23-26(39-31(24)17-8-5-9-18(14-17)32(36)37)28(35)30(27(23)34)21-11-4-7-15-6-2-3-10-19(15)21/h2-14,23-24,26,33H,1H3/t23-,24+,26+/m1/s1. The fourth-order valence-electron chi connectivity index (χ4n) is 5.28. The van der Waals surface area contributed by atoms with Crippen LogP contribution in [-0.4, -0.2) is 35.1 Å². The number of rotatable bonds is 5. The van der Waals surface area contributed by atoms with E-state index in [4.69, 9.17) is 9.57 Å². The molecule has 0 radical (unpaired) electrons. The molecule has 39 heavy (non-hydrogen) atoms. The number of amides is 2. The fourth-order valence-corrected chi connectivity index (χ4v) is 5.74. The summed E-state index contributed by atoms with van der Waals surface area (Å²) in [6.45, 7) is 0. The van der Waals surface area contributed by atoms with Crippen LogP contribution in [-0.2, 0) is 14.4 Å². The zero-order chi connectivity index (χ0) is 27.4. The molecule has 0 unspecified atom stereocenters. The van der Waals surface area contributed by atoms with Crippen molar-refractivity contribution < 1.29 is 29.2 Å². The lowest BCUT2D eigenvalue weighted by molar-refractivity contribution is -0.384. The van der Waals surface area contributed by atoms with Crippen LogP contribution in [0.4, 0.5) is 17.1 Å². The number of imide groups is 1.